The summed E-state index contributed by atoms with van der Waals surface area (Å²) < 4.78 is 0. The largest absolute Gasteiger partial charge is 0.348 e. The minimum absolute atomic E-state index is 0.115. The van der Waals surface area contributed by atoms with Gasteiger partial charge in [0, 0.05) is 17.8 Å². The summed E-state index contributed by atoms with van der Waals surface area (Å²) in [6.45, 7) is 2.05. The monoisotopic (exact) mass is 324 g/mol. The SMILES string of the molecule is Cc1ccc(Nc2cc(C(=O)NC3CCCCCC3)ncn2)cc1. The summed E-state index contributed by atoms with van der Waals surface area (Å²) in [6.07, 6.45) is 8.47. The molecule has 0 saturated heterocycles. The van der Waals surface area contributed by atoms with Crippen LogP contribution in [0.4, 0.5) is 11.5 Å². The summed E-state index contributed by atoms with van der Waals surface area (Å²) in [4.78, 5) is 20.8. The summed E-state index contributed by atoms with van der Waals surface area (Å²) in [7, 11) is 0. The Morgan fingerprint density at radius 2 is 1.75 bits per heavy atom. The Morgan fingerprint density at radius 1 is 1.04 bits per heavy atom. The molecule has 2 aromatic rings. The number of nitrogens with zero attached hydrogens (tertiary/aromatic N) is 2. The third-order valence-corrected chi connectivity index (χ3v) is 4.41. The number of nitrogens with one attached hydrogen (secondary N) is 2. The van der Waals surface area contributed by atoms with Gasteiger partial charge < -0.3 is 10.6 Å². The Labute approximate surface area is 142 Å². The van der Waals surface area contributed by atoms with E-state index < -0.39 is 0 Å². The topological polar surface area (TPSA) is 66.9 Å². The lowest BCUT2D eigenvalue weighted by Gasteiger charge is -2.16. The van der Waals surface area contributed by atoms with E-state index in [1.807, 2.05) is 31.2 Å². The van der Waals surface area contributed by atoms with Crippen molar-refractivity contribution >= 4 is 17.4 Å². The molecule has 1 heterocycles. The molecule has 1 amide bonds. The first kappa shape index (κ1) is 16.4. The van der Waals surface area contributed by atoms with E-state index in [0.29, 0.717) is 11.5 Å². The molecular formula is C19H24N4O. The molecular weight excluding hydrogens is 300 g/mol. The molecule has 24 heavy (non-hydrogen) atoms. The van der Waals surface area contributed by atoms with Crippen molar-refractivity contribution in [2.45, 2.75) is 51.5 Å². The van der Waals surface area contributed by atoms with E-state index in [0.717, 1.165) is 18.5 Å². The number of carbonyl (C=O) groups excluding carboxylic acids is 1. The molecule has 0 bridgehead atoms. The molecule has 1 fully saturated rings. The van der Waals surface area contributed by atoms with Gasteiger partial charge in [0.2, 0.25) is 0 Å². The van der Waals surface area contributed by atoms with E-state index in [4.69, 9.17) is 0 Å². The van der Waals surface area contributed by atoms with Crippen LogP contribution in [0.3, 0.4) is 0 Å². The van der Waals surface area contributed by atoms with Crippen LogP contribution in [-0.2, 0) is 0 Å². The zero-order chi connectivity index (χ0) is 16.8. The first-order chi connectivity index (χ1) is 11.7. The Balaban J connectivity index is 1.65. The van der Waals surface area contributed by atoms with E-state index in [-0.39, 0.29) is 11.9 Å². The summed E-state index contributed by atoms with van der Waals surface area (Å²) in [5.74, 6) is 0.510. The molecule has 0 unspecified atom stereocenters. The predicted octanol–water partition coefficient (Wildman–Crippen LogP) is 3.98. The van der Waals surface area contributed by atoms with E-state index in [2.05, 4.69) is 20.6 Å². The lowest BCUT2D eigenvalue weighted by Crippen LogP contribution is -2.34. The van der Waals surface area contributed by atoms with Crippen LogP contribution in [0.2, 0.25) is 0 Å². The number of hydrogen-bond donors (Lipinski definition) is 2. The Bertz CT molecular complexity index is 676. The molecule has 1 aliphatic rings. The number of amides is 1. The van der Waals surface area contributed by atoms with Crippen LogP contribution in [0.25, 0.3) is 0 Å². The summed E-state index contributed by atoms with van der Waals surface area (Å²) in [5.41, 5.74) is 2.55. The van der Waals surface area contributed by atoms with Crippen LogP contribution < -0.4 is 10.6 Å². The highest BCUT2D eigenvalue weighted by atomic mass is 16.1. The smallest absolute Gasteiger partial charge is 0.270 e. The van der Waals surface area contributed by atoms with Crippen molar-refractivity contribution in [3.63, 3.8) is 0 Å². The average Bonchev–Trinajstić information content (AvgIpc) is 2.86. The highest BCUT2D eigenvalue weighted by molar-refractivity contribution is 5.93. The van der Waals surface area contributed by atoms with Crippen molar-refractivity contribution in [2.75, 3.05) is 5.32 Å². The number of aryl methyl sites for hydroxylation is 1. The van der Waals surface area contributed by atoms with Gasteiger partial charge in [-0.2, -0.15) is 0 Å². The lowest BCUT2D eigenvalue weighted by molar-refractivity contribution is 0.0928. The molecule has 0 radical (unpaired) electrons. The molecule has 2 N–H and O–H groups in total. The maximum absolute atomic E-state index is 12.4. The van der Waals surface area contributed by atoms with Crippen LogP contribution in [0.1, 0.15) is 54.6 Å². The van der Waals surface area contributed by atoms with Gasteiger partial charge in [0.05, 0.1) is 0 Å². The van der Waals surface area contributed by atoms with Gasteiger partial charge in [-0.3, -0.25) is 4.79 Å². The van der Waals surface area contributed by atoms with Gasteiger partial charge in [-0.15, -0.1) is 0 Å². The van der Waals surface area contributed by atoms with Crippen LogP contribution >= 0.6 is 0 Å². The first-order valence-electron chi connectivity index (χ1n) is 8.67. The van der Waals surface area contributed by atoms with E-state index in [1.165, 1.54) is 37.6 Å². The maximum Gasteiger partial charge on any atom is 0.270 e. The quantitative estimate of drug-likeness (QED) is 0.835. The van der Waals surface area contributed by atoms with E-state index in [1.54, 1.807) is 6.07 Å². The Morgan fingerprint density at radius 3 is 2.46 bits per heavy atom. The molecule has 1 aromatic heterocycles. The number of aromatic nitrogens is 2. The van der Waals surface area contributed by atoms with Gasteiger partial charge in [-0.05, 0) is 31.9 Å². The molecule has 0 atom stereocenters. The van der Waals surface area contributed by atoms with Gasteiger partial charge >= 0.3 is 0 Å². The van der Waals surface area contributed by atoms with Gasteiger partial charge in [-0.25, -0.2) is 9.97 Å². The van der Waals surface area contributed by atoms with Crippen LogP contribution in [-0.4, -0.2) is 21.9 Å². The van der Waals surface area contributed by atoms with Crippen LogP contribution in [0.5, 0.6) is 0 Å². The molecule has 0 aliphatic heterocycles. The van der Waals surface area contributed by atoms with Gasteiger partial charge in [-0.1, -0.05) is 43.4 Å². The molecule has 3 rings (SSSR count). The van der Waals surface area contributed by atoms with Crippen molar-refractivity contribution in [1.82, 2.24) is 15.3 Å². The second kappa shape index (κ2) is 7.90. The van der Waals surface area contributed by atoms with Crippen LogP contribution in [0.15, 0.2) is 36.7 Å². The van der Waals surface area contributed by atoms with Gasteiger partial charge in [0.25, 0.3) is 5.91 Å². The molecule has 126 valence electrons. The van der Waals surface area contributed by atoms with E-state index >= 15 is 0 Å². The number of carbonyl (C=O) groups is 1. The third-order valence-electron chi connectivity index (χ3n) is 4.41. The fourth-order valence-corrected chi connectivity index (χ4v) is 3.02. The fourth-order valence-electron chi connectivity index (χ4n) is 3.02. The Hall–Kier alpha value is -2.43. The summed E-state index contributed by atoms with van der Waals surface area (Å²) in [6, 6.07) is 10.0. The zero-order valence-corrected chi connectivity index (χ0v) is 14.1. The normalized spacial score (nSPS) is 15.5. The lowest BCUT2D eigenvalue weighted by atomic mass is 10.1. The number of hydrogen-bond acceptors (Lipinski definition) is 4. The molecule has 1 saturated carbocycles. The number of benzene rings is 1. The molecule has 0 spiro atoms. The highest BCUT2D eigenvalue weighted by Gasteiger charge is 2.17. The zero-order valence-electron chi connectivity index (χ0n) is 14.1. The number of anilines is 2. The fraction of sp³-hybridized carbons (Fsp3) is 0.421. The summed E-state index contributed by atoms with van der Waals surface area (Å²) >= 11 is 0. The van der Waals surface area contributed by atoms with Crippen molar-refractivity contribution in [3.05, 3.63) is 47.9 Å². The van der Waals surface area contributed by atoms with Gasteiger partial charge in [0.15, 0.2) is 0 Å². The second-order valence-electron chi connectivity index (χ2n) is 6.44. The van der Waals surface area contributed by atoms with Gasteiger partial charge in [0.1, 0.15) is 17.8 Å². The molecule has 5 heteroatoms. The minimum atomic E-state index is -0.115. The average molecular weight is 324 g/mol. The first-order valence-corrected chi connectivity index (χ1v) is 8.67. The maximum atomic E-state index is 12.4. The highest BCUT2D eigenvalue weighted by Crippen LogP contribution is 2.18. The third kappa shape index (κ3) is 4.54. The van der Waals surface area contributed by atoms with Crippen LogP contribution in [0, 0.1) is 6.92 Å². The molecule has 1 aromatic carbocycles. The predicted molar refractivity (Wildman–Crippen MR) is 95.4 cm³/mol. The second-order valence-corrected chi connectivity index (χ2v) is 6.44. The van der Waals surface area contributed by atoms with Crippen molar-refractivity contribution < 1.29 is 4.79 Å². The molecule has 5 nitrogen and oxygen atoms in total. The van der Waals surface area contributed by atoms with Crippen molar-refractivity contribution in [2.24, 2.45) is 0 Å². The standard InChI is InChI=1S/C19H24N4O/c1-14-8-10-16(11-9-14)22-18-12-17(20-13-21-18)19(24)23-15-6-4-2-3-5-7-15/h8-13,15H,2-7H2,1H3,(H,23,24)(H,20,21,22). The van der Waals surface area contributed by atoms with Crippen molar-refractivity contribution in [3.8, 4) is 0 Å². The minimum Gasteiger partial charge on any atom is -0.348 e. The molecule has 1 aliphatic carbocycles. The Kier molecular flexibility index (Phi) is 5.41. The van der Waals surface area contributed by atoms with Crippen molar-refractivity contribution in [1.29, 1.82) is 0 Å². The summed E-state index contributed by atoms with van der Waals surface area (Å²) in [5, 5.41) is 6.33. The van der Waals surface area contributed by atoms with E-state index in [9.17, 15) is 4.79 Å². The number of rotatable bonds is 4.